The van der Waals surface area contributed by atoms with Crippen molar-refractivity contribution in [1.82, 2.24) is 0 Å². The first kappa shape index (κ1) is 15.1. The van der Waals surface area contributed by atoms with Crippen LogP contribution in [-0.4, -0.2) is 33.5 Å². The largest absolute Gasteiger partial charge is 0.382 e. The van der Waals surface area contributed by atoms with Crippen molar-refractivity contribution in [2.75, 3.05) is 33.5 Å². The molecule has 2 N–H and O–H groups in total. The van der Waals surface area contributed by atoms with Gasteiger partial charge in [-0.05, 0) is 43.0 Å². The van der Waals surface area contributed by atoms with E-state index in [2.05, 4.69) is 0 Å². The predicted molar refractivity (Wildman–Crippen MR) is 70.0 cm³/mol. The van der Waals surface area contributed by atoms with Crippen LogP contribution >= 0.6 is 0 Å². The molecule has 0 radical (unpaired) electrons. The molecule has 0 saturated carbocycles. The van der Waals surface area contributed by atoms with Gasteiger partial charge in [-0.3, -0.25) is 0 Å². The van der Waals surface area contributed by atoms with Gasteiger partial charge in [0.2, 0.25) is 0 Å². The zero-order valence-corrected chi connectivity index (χ0v) is 10.9. The van der Waals surface area contributed by atoms with Crippen LogP contribution in [0.2, 0.25) is 0 Å². The van der Waals surface area contributed by atoms with Crippen LogP contribution in [0.1, 0.15) is 12.0 Å². The van der Waals surface area contributed by atoms with E-state index in [1.807, 2.05) is 6.07 Å². The molecular formula is C14H22FNO2. The van der Waals surface area contributed by atoms with E-state index in [0.717, 1.165) is 18.4 Å². The first-order valence-corrected chi connectivity index (χ1v) is 6.27. The summed E-state index contributed by atoms with van der Waals surface area (Å²) in [5.41, 5.74) is 6.71. The molecule has 0 aliphatic heterocycles. The molecule has 0 aliphatic carbocycles. The normalized spacial score (nSPS) is 12.6. The molecule has 1 rings (SSSR count). The van der Waals surface area contributed by atoms with Crippen LogP contribution in [0.15, 0.2) is 24.3 Å². The molecule has 0 heterocycles. The van der Waals surface area contributed by atoms with Gasteiger partial charge in [-0.15, -0.1) is 0 Å². The quantitative estimate of drug-likeness (QED) is 0.686. The molecule has 0 saturated heterocycles. The molecule has 0 spiro atoms. The number of rotatable bonds is 9. The van der Waals surface area contributed by atoms with Crippen LogP contribution < -0.4 is 5.73 Å². The number of hydrogen-bond donors (Lipinski definition) is 1. The molecule has 1 atom stereocenters. The first-order chi connectivity index (χ1) is 8.76. The highest BCUT2D eigenvalue weighted by atomic mass is 19.1. The molecule has 0 aromatic heterocycles. The highest BCUT2D eigenvalue weighted by molar-refractivity contribution is 5.16. The third-order valence-corrected chi connectivity index (χ3v) is 2.85. The summed E-state index contributed by atoms with van der Waals surface area (Å²) >= 11 is 0. The third-order valence-electron chi connectivity index (χ3n) is 2.85. The number of nitrogens with two attached hydrogens (primary N) is 1. The lowest BCUT2D eigenvalue weighted by Gasteiger charge is -2.14. The fourth-order valence-corrected chi connectivity index (χ4v) is 1.79. The van der Waals surface area contributed by atoms with Crippen LogP contribution in [-0.2, 0) is 15.9 Å². The van der Waals surface area contributed by atoms with E-state index in [0.29, 0.717) is 32.3 Å². The summed E-state index contributed by atoms with van der Waals surface area (Å²) in [6, 6.07) is 6.67. The summed E-state index contributed by atoms with van der Waals surface area (Å²) in [6.07, 6.45) is 1.68. The van der Waals surface area contributed by atoms with Crippen LogP contribution in [0.5, 0.6) is 0 Å². The average Bonchev–Trinajstić information content (AvgIpc) is 2.37. The summed E-state index contributed by atoms with van der Waals surface area (Å²) in [5, 5.41) is 0. The van der Waals surface area contributed by atoms with Crippen LogP contribution in [0, 0.1) is 11.7 Å². The highest BCUT2D eigenvalue weighted by Gasteiger charge is 2.08. The summed E-state index contributed by atoms with van der Waals surface area (Å²) in [6.45, 7) is 2.47. The Hall–Kier alpha value is -0.970. The topological polar surface area (TPSA) is 44.5 Å². The smallest absolute Gasteiger partial charge is 0.123 e. The molecule has 3 nitrogen and oxygen atoms in total. The molecule has 0 amide bonds. The van der Waals surface area contributed by atoms with Gasteiger partial charge in [0.05, 0.1) is 13.2 Å². The van der Waals surface area contributed by atoms with Crippen LogP contribution in [0.3, 0.4) is 0 Å². The maximum Gasteiger partial charge on any atom is 0.123 e. The van der Waals surface area contributed by atoms with Crippen molar-refractivity contribution >= 4 is 0 Å². The third kappa shape index (κ3) is 6.10. The second-order valence-electron chi connectivity index (χ2n) is 4.33. The molecule has 0 bridgehead atoms. The molecular weight excluding hydrogens is 233 g/mol. The lowest BCUT2D eigenvalue weighted by Crippen LogP contribution is -2.19. The van der Waals surface area contributed by atoms with Gasteiger partial charge in [0.15, 0.2) is 0 Å². The molecule has 102 valence electrons. The number of methoxy groups -OCH3 is 1. The van der Waals surface area contributed by atoms with Gasteiger partial charge < -0.3 is 15.2 Å². The fraction of sp³-hybridized carbons (Fsp3) is 0.571. The Bertz CT molecular complexity index is 333. The maximum absolute atomic E-state index is 13.0. The number of hydrogen-bond acceptors (Lipinski definition) is 3. The van der Waals surface area contributed by atoms with Crippen molar-refractivity contribution in [2.45, 2.75) is 12.8 Å². The number of ether oxygens (including phenoxy) is 2. The Morgan fingerprint density at radius 2 is 2.11 bits per heavy atom. The molecule has 1 aromatic carbocycles. The second kappa shape index (κ2) is 9.03. The Morgan fingerprint density at radius 3 is 2.78 bits per heavy atom. The summed E-state index contributed by atoms with van der Waals surface area (Å²) < 4.78 is 23.3. The van der Waals surface area contributed by atoms with Gasteiger partial charge in [-0.1, -0.05) is 12.1 Å². The van der Waals surface area contributed by atoms with E-state index in [1.165, 1.54) is 6.07 Å². The zero-order chi connectivity index (χ0) is 13.2. The summed E-state index contributed by atoms with van der Waals surface area (Å²) in [7, 11) is 1.65. The van der Waals surface area contributed by atoms with Crippen LogP contribution in [0.4, 0.5) is 4.39 Å². The average molecular weight is 255 g/mol. The molecule has 0 fully saturated rings. The van der Waals surface area contributed by atoms with E-state index in [1.54, 1.807) is 19.2 Å². The fourth-order valence-electron chi connectivity index (χ4n) is 1.79. The van der Waals surface area contributed by atoms with E-state index in [4.69, 9.17) is 15.2 Å². The van der Waals surface area contributed by atoms with Crippen LogP contribution in [0.25, 0.3) is 0 Å². The minimum Gasteiger partial charge on any atom is -0.382 e. The number of halogens is 1. The summed E-state index contributed by atoms with van der Waals surface area (Å²) in [4.78, 5) is 0. The first-order valence-electron chi connectivity index (χ1n) is 6.27. The van der Waals surface area contributed by atoms with Crippen molar-refractivity contribution in [3.05, 3.63) is 35.6 Å². The lowest BCUT2D eigenvalue weighted by molar-refractivity contribution is 0.0641. The van der Waals surface area contributed by atoms with Gasteiger partial charge in [-0.25, -0.2) is 4.39 Å². The van der Waals surface area contributed by atoms with Crippen molar-refractivity contribution in [1.29, 1.82) is 0 Å². The van der Waals surface area contributed by atoms with Gasteiger partial charge in [0.25, 0.3) is 0 Å². The van der Waals surface area contributed by atoms with E-state index in [9.17, 15) is 4.39 Å². The van der Waals surface area contributed by atoms with Gasteiger partial charge in [-0.2, -0.15) is 0 Å². The van der Waals surface area contributed by atoms with Crippen molar-refractivity contribution in [3.63, 3.8) is 0 Å². The molecule has 4 heteroatoms. The minimum atomic E-state index is -0.195. The Balaban J connectivity index is 2.28. The molecule has 1 unspecified atom stereocenters. The van der Waals surface area contributed by atoms with Gasteiger partial charge in [0.1, 0.15) is 5.82 Å². The second-order valence-corrected chi connectivity index (χ2v) is 4.33. The predicted octanol–water partition coefficient (Wildman–Crippen LogP) is 2.00. The highest BCUT2D eigenvalue weighted by Crippen LogP contribution is 2.12. The maximum atomic E-state index is 13.0. The monoisotopic (exact) mass is 255 g/mol. The van der Waals surface area contributed by atoms with E-state index < -0.39 is 0 Å². The summed E-state index contributed by atoms with van der Waals surface area (Å²) in [5.74, 6) is 0.133. The Morgan fingerprint density at radius 1 is 1.28 bits per heavy atom. The molecule has 1 aromatic rings. The lowest BCUT2D eigenvalue weighted by atomic mass is 9.96. The van der Waals surface area contributed by atoms with E-state index in [-0.39, 0.29) is 5.82 Å². The Labute approximate surface area is 108 Å². The number of benzene rings is 1. The Kier molecular flexibility index (Phi) is 7.57. The molecule has 18 heavy (non-hydrogen) atoms. The minimum absolute atomic E-state index is 0.195. The van der Waals surface area contributed by atoms with Crippen molar-refractivity contribution in [3.8, 4) is 0 Å². The standard InChI is InChI=1S/C14H22FNO2/c1-17-7-8-18-6-5-13(11-16)9-12-3-2-4-14(15)10-12/h2-4,10,13H,5-9,11,16H2,1H3. The van der Waals surface area contributed by atoms with Gasteiger partial charge in [0, 0.05) is 13.7 Å². The SMILES string of the molecule is COCCOCCC(CN)Cc1cccc(F)c1. The van der Waals surface area contributed by atoms with Crippen molar-refractivity contribution in [2.24, 2.45) is 11.7 Å². The van der Waals surface area contributed by atoms with E-state index >= 15 is 0 Å². The zero-order valence-electron chi connectivity index (χ0n) is 10.9. The van der Waals surface area contributed by atoms with Gasteiger partial charge >= 0.3 is 0 Å². The van der Waals surface area contributed by atoms with Crippen molar-refractivity contribution < 1.29 is 13.9 Å². The molecule has 0 aliphatic rings.